The maximum absolute atomic E-state index is 4.28. The van der Waals surface area contributed by atoms with Crippen LogP contribution in [-0.4, -0.2) is 15.2 Å². The van der Waals surface area contributed by atoms with Crippen LogP contribution in [0.25, 0.3) is 22.2 Å². The van der Waals surface area contributed by atoms with Crippen molar-refractivity contribution >= 4 is 10.9 Å². The lowest BCUT2D eigenvalue weighted by atomic mass is 10.1. The average molecular weight is 183 g/mol. The topological polar surface area (TPSA) is 44.5 Å². The Labute approximate surface area is 80.8 Å². The van der Waals surface area contributed by atoms with Gasteiger partial charge in [-0.1, -0.05) is 30.3 Å². The SMILES string of the molecule is c1ccc(-c2n[nH]c3c[nH]cc23)cc1. The van der Waals surface area contributed by atoms with Crippen molar-refractivity contribution in [2.45, 2.75) is 0 Å². The summed E-state index contributed by atoms with van der Waals surface area (Å²) in [6.07, 6.45) is 3.87. The number of aromatic amines is 2. The second-order valence-corrected chi connectivity index (χ2v) is 3.22. The molecule has 0 atom stereocenters. The van der Waals surface area contributed by atoms with Crippen LogP contribution in [0.15, 0.2) is 42.7 Å². The number of hydrogen-bond acceptors (Lipinski definition) is 1. The van der Waals surface area contributed by atoms with Gasteiger partial charge in [0.25, 0.3) is 0 Å². The first-order valence-electron chi connectivity index (χ1n) is 4.51. The zero-order valence-electron chi connectivity index (χ0n) is 7.49. The summed E-state index contributed by atoms with van der Waals surface area (Å²) in [6.45, 7) is 0. The molecule has 2 aromatic heterocycles. The minimum atomic E-state index is 1.00. The predicted octanol–water partition coefficient (Wildman–Crippen LogP) is 2.56. The number of benzene rings is 1. The summed E-state index contributed by atoms with van der Waals surface area (Å²) in [7, 11) is 0. The molecule has 0 fully saturated rings. The molecule has 0 aliphatic carbocycles. The molecule has 1 aromatic carbocycles. The Kier molecular flexibility index (Phi) is 1.44. The molecule has 68 valence electrons. The molecule has 0 aliphatic rings. The van der Waals surface area contributed by atoms with E-state index in [9.17, 15) is 0 Å². The largest absolute Gasteiger partial charge is 0.365 e. The highest BCUT2D eigenvalue weighted by Gasteiger charge is 2.06. The molecule has 3 rings (SSSR count). The lowest BCUT2D eigenvalue weighted by Gasteiger charge is -1.94. The number of rotatable bonds is 1. The van der Waals surface area contributed by atoms with Crippen LogP contribution in [0.3, 0.4) is 0 Å². The van der Waals surface area contributed by atoms with Gasteiger partial charge in [-0.2, -0.15) is 5.10 Å². The van der Waals surface area contributed by atoms with Crippen LogP contribution in [0.2, 0.25) is 0 Å². The van der Waals surface area contributed by atoms with Crippen molar-refractivity contribution in [1.29, 1.82) is 0 Å². The number of H-pyrrole nitrogens is 2. The van der Waals surface area contributed by atoms with Crippen molar-refractivity contribution in [2.24, 2.45) is 0 Å². The minimum absolute atomic E-state index is 1.00. The fraction of sp³-hybridized carbons (Fsp3) is 0. The fourth-order valence-electron chi connectivity index (χ4n) is 1.64. The summed E-state index contributed by atoms with van der Waals surface area (Å²) in [6, 6.07) is 10.2. The lowest BCUT2D eigenvalue weighted by molar-refractivity contribution is 1.12. The van der Waals surface area contributed by atoms with Gasteiger partial charge in [0, 0.05) is 23.3 Å². The maximum Gasteiger partial charge on any atom is 0.101 e. The molecule has 0 bridgehead atoms. The number of hydrogen-bond donors (Lipinski definition) is 2. The van der Waals surface area contributed by atoms with Crippen LogP contribution in [0, 0.1) is 0 Å². The quantitative estimate of drug-likeness (QED) is 0.598. The van der Waals surface area contributed by atoms with E-state index in [1.165, 1.54) is 0 Å². The van der Waals surface area contributed by atoms with E-state index in [4.69, 9.17) is 0 Å². The standard InChI is InChI=1S/C11H9N3/c1-2-4-8(5-3-1)11-9-6-12-7-10(9)13-14-11/h1-7,12-13H. The third-order valence-electron chi connectivity index (χ3n) is 2.34. The molecule has 0 radical (unpaired) electrons. The van der Waals surface area contributed by atoms with Gasteiger partial charge in [0.2, 0.25) is 0 Å². The molecule has 2 N–H and O–H groups in total. The third kappa shape index (κ3) is 0.956. The highest BCUT2D eigenvalue weighted by Crippen LogP contribution is 2.25. The van der Waals surface area contributed by atoms with Gasteiger partial charge >= 0.3 is 0 Å². The number of nitrogens with zero attached hydrogens (tertiary/aromatic N) is 1. The van der Waals surface area contributed by atoms with Crippen molar-refractivity contribution in [3.05, 3.63) is 42.7 Å². The second-order valence-electron chi connectivity index (χ2n) is 3.22. The van der Waals surface area contributed by atoms with E-state index < -0.39 is 0 Å². The minimum Gasteiger partial charge on any atom is -0.365 e. The molecular formula is C11H9N3. The van der Waals surface area contributed by atoms with Gasteiger partial charge in [-0.3, -0.25) is 5.10 Å². The Balaban J connectivity index is 2.28. The van der Waals surface area contributed by atoms with Crippen molar-refractivity contribution < 1.29 is 0 Å². The van der Waals surface area contributed by atoms with E-state index >= 15 is 0 Å². The van der Waals surface area contributed by atoms with Crippen molar-refractivity contribution in [2.75, 3.05) is 0 Å². The first-order chi connectivity index (χ1) is 6.95. The van der Waals surface area contributed by atoms with Gasteiger partial charge in [-0.05, 0) is 0 Å². The first kappa shape index (κ1) is 7.38. The Morgan fingerprint density at radius 1 is 1.00 bits per heavy atom. The van der Waals surface area contributed by atoms with Crippen molar-refractivity contribution in [3.63, 3.8) is 0 Å². The molecule has 2 heterocycles. The molecule has 0 aliphatic heterocycles. The van der Waals surface area contributed by atoms with E-state index in [1.54, 1.807) is 0 Å². The summed E-state index contributed by atoms with van der Waals surface area (Å²) in [5.74, 6) is 0. The Morgan fingerprint density at radius 2 is 1.86 bits per heavy atom. The van der Waals surface area contributed by atoms with Crippen molar-refractivity contribution in [1.82, 2.24) is 15.2 Å². The van der Waals surface area contributed by atoms with Gasteiger partial charge in [0.1, 0.15) is 5.69 Å². The van der Waals surface area contributed by atoms with Crippen LogP contribution < -0.4 is 0 Å². The van der Waals surface area contributed by atoms with Gasteiger partial charge in [-0.15, -0.1) is 0 Å². The normalized spacial score (nSPS) is 10.9. The van der Waals surface area contributed by atoms with E-state index in [0.717, 1.165) is 22.2 Å². The average Bonchev–Trinajstić information content (AvgIpc) is 2.79. The fourth-order valence-corrected chi connectivity index (χ4v) is 1.64. The zero-order valence-corrected chi connectivity index (χ0v) is 7.49. The monoisotopic (exact) mass is 183 g/mol. The molecule has 3 aromatic rings. The van der Waals surface area contributed by atoms with E-state index in [2.05, 4.69) is 27.3 Å². The highest BCUT2D eigenvalue weighted by molar-refractivity contribution is 5.92. The van der Waals surface area contributed by atoms with Gasteiger partial charge in [-0.25, -0.2) is 0 Å². The van der Waals surface area contributed by atoms with E-state index in [1.807, 2.05) is 30.6 Å². The van der Waals surface area contributed by atoms with Crippen LogP contribution in [0.5, 0.6) is 0 Å². The Morgan fingerprint density at radius 3 is 2.71 bits per heavy atom. The lowest BCUT2D eigenvalue weighted by Crippen LogP contribution is -1.77. The third-order valence-corrected chi connectivity index (χ3v) is 2.34. The first-order valence-corrected chi connectivity index (χ1v) is 4.51. The molecule has 0 unspecified atom stereocenters. The summed E-state index contributed by atoms with van der Waals surface area (Å²) < 4.78 is 0. The molecule has 14 heavy (non-hydrogen) atoms. The number of nitrogens with one attached hydrogen (secondary N) is 2. The molecule has 0 spiro atoms. The second kappa shape index (κ2) is 2.73. The molecule has 0 amide bonds. The Hall–Kier alpha value is -2.03. The van der Waals surface area contributed by atoms with Gasteiger partial charge in [0.05, 0.1) is 5.52 Å². The van der Waals surface area contributed by atoms with Crippen LogP contribution in [0.4, 0.5) is 0 Å². The van der Waals surface area contributed by atoms with Crippen molar-refractivity contribution in [3.8, 4) is 11.3 Å². The Bertz CT molecular complexity index is 548. The van der Waals surface area contributed by atoms with E-state index in [0.29, 0.717) is 0 Å². The summed E-state index contributed by atoms with van der Waals surface area (Å²) in [4.78, 5) is 3.06. The predicted molar refractivity (Wildman–Crippen MR) is 55.9 cm³/mol. The summed E-state index contributed by atoms with van der Waals surface area (Å²) in [5, 5.41) is 8.40. The maximum atomic E-state index is 4.28. The molecule has 3 heteroatoms. The number of fused-ring (bicyclic) bond motifs is 1. The molecule has 0 saturated carbocycles. The van der Waals surface area contributed by atoms with Crippen LogP contribution in [-0.2, 0) is 0 Å². The summed E-state index contributed by atoms with van der Waals surface area (Å²) >= 11 is 0. The molecular weight excluding hydrogens is 174 g/mol. The number of aromatic nitrogens is 3. The summed E-state index contributed by atoms with van der Waals surface area (Å²) in [5.41, 5.74) is 3.18. The smallest absolute Gasteiger partial charge is 0.101 e. The molecule has 3 nitrogen and oxygen atoms in total. The van der Waals surface area contributed by atoms with E-state index in [-0.39, 0.29) is 0 Å². The van der Waals surface area contributed by atoms with Crippen LogP contribution in [0.1, 0.15) is 0 Å². The highest BCUT2D eigenvalue weighted by atomic mass is 15.1. The van der Waals surface area contributed by atoms with Gasteiger partial charge in [0.15, 0.2) is 0 Å². The van der Waals surface area contributed by atoms with Gasteiger partial charge < -0.3 is 4.98 Å². The zero-order chi connectivity index (χ0) is 9.38. The van der Waals surface area contributed by atoms with Crippen LogP contribution >= 0.6 is 0 Å². The molecule has 0 saturated heterocycles.